The maximum Gasteiger partial charge on any atom is 0.272 e. The minimum Gasteiger partial charge on any atom is -0.593 e. The van der Waals surface area contributed by atoms with Gasteiger partial charge in [0, 0.05) is 34.5 Å². The molecule has 9 heteroatoms. The van der Waals surface area contributed by atoms with Crippen molar-refractivity contribution in [2.45, 2.75) is 58.9 Å². The van der Waals surface area contributed by atoms with Gasteiger partial charge in [-0.05, 0) is 61.1 Å². The number of hydrogen-bond donors (Lipinski definition) is 2. The first kappa shape index (κ1) is 26.8. The summed E-state index contributed by atoms with van der Waals surface area (Å²) in [6.07, 6.45) is 1.67. The van der Waals surface area contributed by atoms with Gasteiger partial charge in [-0.25, -0.2) is 10.8 Å². The molecule has 0 bridgehead atoms. The van der Waals surface area contributed by atoms with Crippen molar-refractivity contribution in [1.82, 2.24) is 9.29 Å². The largest absolute Gasteiger partial charge is 0.593 e. The Morgan fingerprint density at radius 2 is 2.03 bits per heavy atom. The monoisotopic (exact) mass is 527 g/mol. The van der Waals surface area contributed by atoms with Crippen molar-refractivity contribution in [3.05, 3.63) is 63.0 Å². The van der Waals surface area contributed by atoms with Gasteiger partial charge in [0.1, 0.15) is 6.61 Å². The molecule has 2 unspecified atom stereocenters. The molecule has 0 saturated heterocycles. The number of anilines is 2. The standard InChI is InChI=1S/C27H37N5O2S2/c1-7-32(29)21-11-10-20(17(2)25(21)28)24(27(4,5)6)22-15-19(18(3)35-22)16-31-13-14-34-26-23(36(31)33)9-8-12-30-26/h8-12,15,24H,7,13-14,16,28-29H2,1-6H3. The van der Waals surface area contributed by atoms with Crippen molar-refractivity contribution in [2.75, 3.05) is 30.4 Å². The lowest BCUT2D eigenvalue weighted by atomic mass is 9.74. The first-order chi connectivity index (χ1) is 17.0. The van der Waals surface area contributed by atoms with E-state index in [-0.39, 0.29) is 11.3 Å². The number of ether oxygens (including phenoxy) is 1. The first-order valence-electron chi connectivity index (χ1n) is 12.3. The summed E-state index contributed by atoms with van der Waals surface area (Å²) >= 11 is 0.478. The van der Waals surface area contributed by atoms with Gasteiger partial charge < -0.3 is 20.0 Å². The summed E-state index contributed by atoms with van der Waals surface area (Å²) in [4.78, 5) is 7.39. The van der Waals surface area contributed by atoms with Gasteiger partial charge >= 0.3 is 0 Å². The van der Waals surface area contributed by atoms with Crippen LogP contribution in [0.15, 0.2) is 41.4 Å². The predicted molar refractivity (Wildman–Crippen MR) is 150 cm³/mol. The molecular formula is C27H37N5O2S2. The van der Waals surface area contributed by atoms with E-state index in [9.17, 15) is 4.55 Å². The van der Waals surface area contributed by atoms with Crippen LogP contribution in [-0.4, -0.2) is 33.5 Å². The van der Waals surface area contributed by atoms with Crippen molar-refractivity contribution in [3.8, 4) is 5.88 Å². The molecule has 3 heterocycles. The Morgan fingerprint density at radius 3 is 2.72 bits per heavy atom. The van der Waals surface area contributed by atoms with Gasteiger partial charge in [-0.3, -0.25) is 0 Å². The highest BCUT2D eigenvalue weighted by Gasteiger charge is 2.34. The van der Waals surface area contributed by atoms with Crippen LogP contribution in [0, 0.1) is 19.3 Å². The van der Waals surface area contributed by atoms with Gasteiger partial charge in [0.05, 0.1) is 35.8 Å². The fraction of sp³-hybridized carbons (Fsp3) is 0.444. The maximum atomic E-state index is 13.4. The smallest absolute Gasteiger partial charge is 0.272 e. The lowest BCUT2D eigenvalue weighted by Crippen LogP contribution is -2.32. The third-order valence-corrected chi connectivity index (χ3v) is 9.40. The Balaban J connectivity index is 1.68. The quantitative estimate of drug-likeness (QED) is 0.198. The van der Waals surface area contributed by atoms with Crippen LogP contribution in [0.1, 0.15) is 60.1 Å². The Morgan fingerprint density at radius 1 is 1.28 bits per heavy atom. The third kappa shape index (κ3) is 5.21. The van der Waals surface area contributed by atoms with Gasteiger partial charge in [-0.15, -0.1) is 15.6 Å². The van der Waals surface area contributed by atoms with Crippen LogP contribution < -0.4 is 21.3 Å². The molecule has 194 valence electrons. The first-order valence-corrected chi connectivity index (χ1v) is 14.2. The summed E-state index contributed by atoms with van der Waals surface area (Å²) in [6.45, 7) is 15.3. The summed E-state index contributed by atoms with van der Waals surface area (Å²) in [6, 6.07) is 10.1. The Bertz CT molecular complexity index is 1220. The number of aryl methyl sites for hydroxylation is 1. The summed E-state index contributed by atoms with van der Waals surface area (Å²) < 4.78 is 21.1. The number of fused-ring (bicyclic) bond motifs is 1. The van der Waals surface area contributed by atoms with Crippen LogP contribution in [0.25, 0.3) is 0 Å². The minimum absolute atomic E-state index is 0.0374. The summed E-state index contributed by atoms with van der Waals surface area (Å²) in [5.41, 5.74) is 11.6. The second-order valence-corrected chi connectivity index (χ2v) is 13.0. The third-order valence-electron chi connectivity index (χ3n) is 6.77. The zero-order chi connectivity index (χ0) is 26.2. The van der Waals surface area contributed by atoms with Crippen molar-refractivity contribution < 1.29 is 9.29 Å². The zero-order valence-electron chi connectivity index (χ0n) is 22.0. The molecule has 0 fully saturated rings. The molecule has 1 aromatic carbocycles. The Labute approximate surface area is 221 Å². The van der Waals surface area contributed by atoms with Crippen molar-refractivity contribution in [2.24, 2.45) is 11.3 Å². The average molecular weight is 528 g/mol. The van der Waals surface area contributed by atoms with Crippen LogP contribution in [0.3, 0.4) is 0 Å². The molecule has 1 aliphatic heterocycles. The van der Waals surface area contributed by atoms with Crippen LogP contribution in [0.5, 0.6) is 5.88 Å². The molecule has 0 spiro atoms. The normalized spacial score (nSPS) is 17.3. The van der Waals surface area contributed by atoms with E-state index >= 15 is 0 Å². The van der Waals surface area contributed by atoms with Gasteiger partial charge in [0.2, 0.25) is 4.90 Å². The second-order valence-electron chi connectivity index (χ2n) is 10.3. The molecule has 36 heavy (non-hydrogen) atoms. The SMILES string of the molecule is CCN(N)c1ccc(C(c2cc(CN3CCOc4ncccc4[S+]3[O-])c(C)s2)C(C)(C)C)c(C)c1N. The average Bonchev–Trinajstić information content (AvgIpc) is 3.10. The zero-order valence-corrected chi connectivity index (χ0v) is 23.6. The molecule has 0 amide bonds. The van der Waals surface area contributed by atoms with Crippen LogP contribution >= 0.6 is 11.3 Å². The molecule has 3 aromatic rings. The summed E-state index contributed by atoms with van der Waals surface area (Å²) in [5, 5.41) is 1.68. The molecule has 4 N–H and O–H groups in total. The van der Waals surface area contributed by atoms with Crippen LogP contribution in [0.2, 0.25) is 0 Å². The number of nitrogens with two attached hydrogens (primary N) is 2. The van der Waals surface area contributed by atoms with E-state index in [2.05, 4.69) is 51.7 Å². The highest BCUT2D eigenvalue weighted by molar-refractivity contribution is 7.89. The topological polar surface area (TPSA) is 104 Å². The number of hydrogen-bond acceptors (Lipinski definition) is 8. The highest BCUT2D eigenvalue weighted by atomic mass is 32.2. The molecule has 4 rings (SSSR count). The van der Waals surface area contributed by atoms with Crippen molar-refractivity contribution >= 4 is 34.1 Å². The highest BCUT2D eigenvalue weighted by Crippen LogP contribution is 2.47. The van der Waals surface area contributed by atoms with Gasteiger partial charge in [-0.1, -0.05) is 26.8 Å². The molecule has 0 radical (unpaired) electrons. The minimum atomic E-state index is -1.33. The summed E-state index contributed by atoms with van der Waals surface area (Å²) in [5.74, 6) is 6.78. The van der Waals surface area contributed by atoms with E-state index in [4.69, 9.17) is 16.3 Å². The van der Waals surface area contributed by atoms with E-state index in [1.807, 2.05) is 34.7 Å². The molecular weight excluding hydrogens is 490 g/mol. The molecule has 7 nitrogen and oxygen atoms in total. The number of nitrogens with zero attached hydrogens (tertiary/aromatic N) is 3. The molecule has 2 atom stereocenters. The number of hydrazine groups is 1. The van der Waals surface area contributed by atoms with Crippen LogP contribution in [0.4, 0.5) is 11.4 Å². The van der Waals surface area contributed by atoms with E-state index in [0.717, 1.165) is 16.9 Å². The Kier molecular flexibility index (Phi) is 7.87. The van der Waals surface area contributed by atoms with Gasteiger partial charge in [0.15, 0.2) is 0 Å². The van der Waals surface area contributed by atoms with E-state index < -0.39 is 11.4 Å². The van der Waals surface area contributed by atoms with Crippen LogP contribution in [-0.2, 0) is 17.9 Å². The molecule has 2 aromatic heterocycles. The van der Waals surface area contributed by atoms with Gasteiger partial charge in [-0.2, -0.15) is 0 Å². The second kappa shape index (κ2) is 10.6. The fourth-order valence-electron chi connectivity index (χ4n) is 4.77. The van der Waals surface area contributed by atoms with E-state index in [0.29, 0.717) is 37.0 Å². The van der Waals surface area contributed by atoms with Crippen molar-refractivity contribution in [3.63, 3.8) is 0 Å². The van der Waals surface area contributed by atoms with Gasteiger partial charge in [0.25, 0.3) is 5.88 Å². The van der Waals surface area contributed by atoms with E-state index in [1.165, 1.54) is 20.9 Å². The van der Waals surface area contributed by atoms with E-state index in [1.54, 1.807) is 17.3 Å². The Hall–Kier alpha value is -2.30. The maximum absolute atomic E-state index is 13.4. The number of aromatic nitrogens is 1. The number of rotatable bonds is 6. The number of nitrogen functional groups attached to an aromatic ring is 1. The lowest BCUT2D eigenvalue weighted by molar-refractivity contribution is 0.270. The fourth-order valence-corrected chi connectivity index (χ4v) is 7.41. The summed E-state index contributed by atoms with van der Waals surface area (Å²) in [7, 11) is 0. The lowest BCUT2D eigenvalue weighted by Gasteiger charge is -2.33. The number of benzene rings is 1. The molecule has 1 aliphatic rings. The molecule has 0 aliphatic carbocycles. The number of thiophene rings is 1. The predicted octanol–water partition coefficient (Wildman–Crippen LogP) is 5.14. The van der Waals surface area contributed by atoms with Crippen molar-refractivity contribution in [1.29, 1.82) is 0 Å². The molecule has 0 saturated carbocycles. The number of pyridine rings is 1.